The van der Waals surface area contributed by atoms with Crippen molar-refractivity contribution in [2.45, 2.75) is 38.9 Å². The number of unbranched alkanes of at least 4 members (excludes halogenated alkanes) is 2. The minimum absolute atomic E-state index is 0. The average Bonchev–Trinajstić information content (AvgIpc) is 1.66. The van der Waals surface area contributed by atoms with Crippen molar-refractivity contribution >= 4 is 0 Å². The van der Waals surface area contributed by atoms with E-state index in [4.69, 9.17) is 10.2 Å². The minimum atomic E-state index is -1.10. The fourth-order valence-corrected chi connectivity index (χ4v) is 0.577. The monoisotopic (exact) mass is 158 g/mol. The number of rotatable bonds is 4. The van der Waals surface area contributed by atoms with Crippen LogP contribution < -0.4 is 29.6 Å². The van der Waals surface area contributed by atoms with Crippen LogP contribution in [0.25, 0.3) is 0 Å². The SMILES string of the molecule is CCCCCC(O)O.[Na+].[OH-]. The zero-order valence-corrected chi connectivity index (χ0v) is 8.75. The van der Waals surface area contributed by atoms with E-state index in [9.17, 15) is 0 Å². The molecule has 0 aromatic rings. The van der Waals surface area contributed by atoms with Crippen molar-refractivity contribution in [3.63, 3.8) is 0 Å². The molecule has 0 saturated carbocycles. The summed E-state index contributed by atoms with van der Waals surface area (Å²) in [4.78, 5) is 0. The average molecular weight is 158 g/mol. The maximum absolute atomic E-state index is 8.33. The summed E-state index contributed by atoms with van der Waals surface area (Å²) >= 11 is 0. The molecule has 0 amide bonds. The molecular formula is C6H15NaO3. The van der Waals surface area contributed by atoms with Gasteiger partial charge < -0.3 is 15.7 Å². The van der Waals surface area contributed by atoms with Gasteiger partial charge in [-0.05, 0) is 12.8 Å². The summed E-state index contributed by atoms with van der Waals surface area (Å²) in [7, 11) is 0. The maximum atomic E-state index is 8.33. The Morgan fingerprint density at radius 2 is 1.70 bits per heavy atom. The molecule has 0 aliphatic rings. The van der Waals surface area contributed by atoms with E-state index in [1.54, 1.807) is 0 Å². The Morgan fingerprint density at radius 3 is 2.00 bits per heavy atom. The first-order valence-electron chi connectivity index (χ1n) is 3.13. The van der Waals surface area contributed by atoms with Crippen molar-refractivity contribution in [2.24, 2.45) is 0 Å². The van der Waals surface area contributed by atoms with Crippen LogP contribution in [0.4, 0.5) is 0 Å². The van der Waals surface area contributed by atoms with Crippen molar-refractivity contribution in [3.8, 4) is 0 Å². The van der Waals surface area contributed by atoms with E-state index >= 15 is 0 Å². The largest absolute Gasteiger partial charge is 1.00 e. The molecule has 0 atom stereocenters. The van der Waals surface area contributed by atoms with Crippen LogP contribution >= 0.6 is 0 Å². The number of aliphatic hydroxyl groups is 2. The first kappa shape index (κ1) is 17.1. The van der Waals surface area contributed by atoms with Crippen LogP contribution in [-0.4, -0.2) is 22.0 Å². The van der Waals surface area contributed by atoms with Gasteiger partial charge in [0, 0.05) is 0 Å². The summed E-state index contributed by atoms with van der Waals surface area (Å²) in [5.41, 5.74) is 0. The van der Waals surface area contributed by atoms with Gasteiger partial charge in [0.05, 0.1) is 0 Å². The molecule has 3 N–H and O–H groups in total. The summed E-state index contributed by atoms with van der Waals surface area (Å²) in [5, 5.41) is 16.7. The summed E-state index contributed by atoms with van der Waals surface area (Å²) in [6, 6.07) is 0. The van der Waals surface area contributed by atoms with E-state index in [-0.39, 0.29) is 35.0 Å². The van der Waals surface area contributed by atoms with Crippen molar-refractivity contribution in [1.29, 1.82) is 0 Å². The molecule has 0 fully saturated rings. The minimum Gasteiger partial charge on any atom is -0.870 e. The van der Waals surface area contributed by atoms with Crippen LogP contribution in [0, 0.1) is 0 Å². The molecule has 0 bridgehead atoms. The van der Waals surface area contributed by atoms with E-state index < -0.39 is 6.29 Å². The zero-order valence-electron chi connectivity index (χ0n) is 6.75. The van der Waals surface area contributed by atoms with Gasteiger partial charge in [-0.15, -0.1) is 0 Å². The Hall–Kier alpha value is 0.880. The smallest absolute Gasteiger partial charge is 0.870 e. The van der Waals surface area contributed by atoms with Crippen molar-refractivity contribution in [3.05, 3.63) is 0 Å². The molecule has 3 nitrogen and oxygen atoms in total. The molecule has 4 heteroatoms. The van der Waals surface area contributed by atoms with Gasteiger partial charge in [-0.25, -0.2) is 0 Å². The van der Waals surface area contributed by atoms with Crippen molar-refractivity contribution < 1.29 is 45.2 Å². The second kappa shape index (κ2) is 12.5. The molecule has 58 valence electrons. The Bertz CT molecular complexity index is 50.3. The third-order valence-corrected chi connectivity index (χ3v) is 1.07. The summed E-state index contributed by atoms with van der Waals surface area (Å²) < 4.78 is 0. The Kier molecular flexibility index (Phi) is 21.5. The molecule has 0 saturated heterocycles. The van der Waals surface area contributed by atoms with Crippen LogP contribution in [0.5, 0.6) is 0 Å². The molecule has 0 aromatic carbocycles. The second-order valence-corrected chi connectivity index (χ2v) is 1.98. The van der Waals surface area contributed by atoms with Crippen LogP contribution in [0.1, 0.15) is 32.6 Å². The number of aliphatic hydroxyl groups excluding tert-OH is 1. The van der Waals surface area contributed by atoms with Gasteiger partial charge in [-0.1, -0.05) is 19.8 Å². The van der Waals surface area contributed by atoms with E-state index in [1.165, 1.54) is 0 Å². The van der Waals surface area contributed by atoms with E-state index in [0.29, 0.717) is 6.42 Å². The van der Waals surface area contributed by atoms with Crippen LogP contribution in [0.2, 0.25) is 0 Å². The molecule has 0 rings (SSSR count). The third kappa shape index (κ3) is 15.9. The van der Waals surface area contributed by atoms with Gasteiger partial charge in [0.1, 0.15) is 0 Å². The number of hydrogen-bond acceptors (Lipinski definition) is 3. The van der Waals surface area contributed by atoms with Gasteiger partial charge in [-0.2, -0.15) is 0 Å². The molecule has 0 aromatic heterocycles. The Morgan fingerprint density at radius 1 is 1.20 bits per heavy atom. The second-order valence-electron chi connectivity index (χ2n) is 1.98. The van der Waals surface area contributed by atoms with E-state index in [0.717, 1.165) is 19.3 Å². The molecule has 10 heavy (non-hydrogen) atoms. The zero-order chi connectivity index (χ0) is 6.41. The van der Waals surface area contributed by atoms with Gasteiger partial charge >= 0.3 is 29.6 Å². The summed E-state index contributed by atoms with van der Waals surface area (Å²) in [6.45, 7) is 2.09. The van der Waals surface area contributed by atoms with Gasteiger partial charge in [0.15, 0.2) is 6.29 Å². The summed E-state index contributed by atoms with van der Waals surface area (Å²) in [6.07, 6.45) is 2.58. The third-order valence-electron chi connectivity index (χ3n) is 1.07. The fraction of sp³-hybridized carbons (Fsp3) is 1.00. The van der Waals surface area contributed by atoms with Crippen molar-refractivity contribution in [1.82, 2.24) is 0 Å². The fourth-order valence-electron chi connectivity index (χ4n) is 0.577. The predicted molar refractivity (Wildman–Crippen MR) is 34.3 cm³/mol. The molecule has 0 aliphatic heterocycles. The molecule has 0 heterocycles. The molecular weight excluding hydrogens is 143 g/mol. The van der Waals surface area contributed by atoms with Gasteiger partial charge in [-0.3, -0.25) is 0 Å². The van der Waals surface area contributed by atoms with Crippen LogP contribution in [0.15, 0.2) is 0 Å². The van der Waals surface area contributed by atoms with E-state index in [1.807, 2.05) is 0 Å². The Balaban J connectivity index is -0.000000245. The molecule has 0 aliphatic carbocycles. The topological polar surface area (TPSA) is 70.5 Å². The summed E-state index contributed by atoms with van der Waals surface area (Å²) in [5.74, 6) is 0. The van der Waals surface area contributed by atoms with Crippen LogP contribution in [0.3, 0.4) is 0 Å². The first-order valence-corrected chi connectivity index (χ1v) is 3.13. The normalized spacial score (nSPS) is 8.40. The molecule has 0 unspecified atom stereocenters. The molecule has 0 radical (unpaired) electrons. The number of hydrogen-bond donors (Lipinski definition) is 2. The van der Waals surface area contributed by atoms with Crippen molar-refractivity contribution in [2.75, 3.05) is 0 Å². The van der Waals surface area contributed by atoms with E-state index in [2.05, 4.69) is 6.92 Å². The van der Waals surface area contributed by atoms with Gasteiger partial charge in [0.25, 0.3) is 0 Å². The van der Waals surface area contributed by atoms with Crippen LogP contribution in [-0.2, 0) is 0 Å². The maximum Gasteiger partial charge on any atom is 1.00 e. The standard InChI is InChI=1S/C6H14O2.Na.H2O/c1-2-3-4-5-6(7)8;;/h6-8H,2-5H2,1H3;;1H2/q;+1;/p-1. The first-order chi connectivity index (χ1) is 3.77. The van der Waals surface area contributed by atoms with Gasteiger partial charge in [0.2, 0.25) is 0 Å². The quantitative estimate of drug-likeness (QED) is 0.275. The predicted octanol–water partition coefficient (Wildman–Crippen LogP) is -2.30. The molecule has 0 spiro atoms. The Labute approximate surface area is 84.0 Å².